The minimum Gasteiger partial charge on any atom is -0.438 e. The quantitative estimate of drug-likeness (QED) is 0.817. The summed E-state index contributed by atoms with van der Waals surface area (Å²) in [6.45, 7) is 3.39. The van der Waals surface area contributed by atoms with Crippen LogP contribution >= 0.6 is 0 Å². The van der Waals surface area contributed by atoms with Gasteiger partial charge >= 0.3 is 0 Å². The summed E-state index contributed by atoms with van der Waals surface area (Å²) in [5.41, 5.74) is 2.75. The van der Waals surface area contributed by atoms with Gasteiger partial charge in [-0.15, -0.1) is 0 Å². The van der Waals surface area contributed by atoms with Crippen molar-refractivity contribution in [2.45, 2.75) is 13.8 Å². The Morgan fingerprint density at radius 3 is 2.90 bits per heavy atom. The van der Waals surface area contributed by atoms with Crippen molar-refractivity contribution < 1.29 is 14.3 Å². The zero-order valence-corrected chi connectivity index (χ0v) is 11.2. The lowest BCUT2D eigenvalue weighted by atomic mass is 10.1. The largest absolute Gasteiger partial charge is 0.438 e. The van der Waals surface area contributed by atoms with Crippen LogP contribution in [0.1, 0.15) is 27.4 Å². The molecule has 20 heavy (non-hydrogen) atoms. The molecule has 0 aliphatic heterocycles. The summed E-state index contributed by atoms with van der Waals surface area (Å²) in [6, 6.07) is 5.47. The second kappa shape index (κ2) is 6.04. The number of aromatic nitrogens is 1. The summed E-state index contributed by atoms with van der Waals surface area (Å²) in [5.74, 6) is 5.17. The number of hydrogen-bond donors (Lipinski definition) is 2. The number of amides is 1. The first kappa shape index (κ1) is 13.8. The number of carbonyl (C=O) groups is 1. The summed E-state index contributed by atoms with van der Waals surface area (Å²) in [6.07, 6.45) is 1.23. The first-order chi connectivity index (χ1) is 9.61. The Bertz CT molecular complexity index is 693. The second-order valence-corrected chi connectivity index (χ2v) is 4.23. The maximum atomic E-state index is 12.1. The van der Waals surface area contributed by atoms with Crippen LogP contribution in [0.3, 0.4) is 0 Å². The Morgan fingerprint density at radius 1 is 1.45 bits per heavy atom. The molecule has 1 heterocycles. The van der Waals surface area contributed by atoms with Crippen LogP contribution in [0.5, 0.6) is 0 Å². The average Bonchev–Trinajstić information content (AvgIpc) is 2.85. The second-order valence-electron chi connectivity index (χ2n) is 4.23. The van der Waals surface area contributed by atoms with Gasteiger partial charge in [-0.25, -0.2) is 4.98 Å². The highest BCUT2D eigenvalue weighted by Gasteiger charge is 2.15. The minimum atomic E-state index is -0.379. The fourth-order valence-corrected chi connectivity index (χ4v) is 1.70. The fraction of sp³-hybridized carbons (Fsp3) is 0.200. The highest BCUT2D eigenvalue weighted by atomic mass is 16.3. The molecular weight excluding hydrogens is 256 g/mol. The third kappa shape index (κ3) is 3.05. The molecule has 5 nitrogen and oxygen atoms in total. The first-order valence-corrected chi connectivity index (χ1v) is 6.03. The van der Waals surface area contributed by atoms with E-state index < -0.39 is 0 Å². The number of nitrogens with one attached hydrogen (secondary N) is 1. The maximum Gasteiger partial charge on any atom is 0.293 e. The number of rotatable bonds is 2. The lowest BCUT2D eigenvalue weighted by molar-refractivity contribution is 0.0996. The van der Waals surface area contributed by atoms with Crippen molar-refractivity contribution in [1.29, 1.82) is 0 Å². The molecule has 1 amide bonds. The normalized spacial score (nSPS) is 9.75. The van der Waals surface area contributed by atoms with Crippen LogP contribution in [0, 0.1) is 25.7 Å². The lowest BCUT2D eigenvalue weighted by Crippen LogP contribution is -2.13. The zero-order valence-electron chi connectivity index (χ0n) is 11.2. The Morgan fingerprint density at radius 2 is 2.25 bits per heavy atom. The molecule has 5 heteroatoms. The van der Waals surface area contributed by atoms with E-state index in [1.54, 1.807) is 13.0 Å². The molecule has 0 saturated carbocycles. The van der Waals surface area contributed by atoms with Gasteiger partial charge in [0.1, 0.15) is 6.61 Å². The maximum absolute atomic E-state index is 12.1. The third-order valence-corrected chi connectivity index (χ3v) is 2.68. The van der Waals surface area contributed by atoms with E-state index in [1.807, 2.05) is 19.1 Å². The van der Waals surface area contributed by atoms with E-state index in [2.05, 4.69) is 22.1 Å². The molecule has 0 unspecified atom stereocenters. The molecule has 2 aromatic rings. The topological polar surface area (TPSA) is 75.4 Å². The van der Waals surface area contributed by atoms with Gasteiger partial charge in [0.15, 0.2) is 6.39 Å². The number of aryl methyl sites for hydroxylation is 2. The van der Waals surface area contributed by atoms with Crippen molar-refractivity contribution in [1.82, 2.24) is 4.98 Å². The van der Waals surface area contributed by atoms with Gasteiger partial charge < -0.3 is 14.8 Å². The summed E-state index contributed by atoms with van der Waals surface area (Å²) < 4.78 is 5.04. The summed E-state index contributed by atoms with van der Waals surface area (Å²) >= 11 is 0. The number of benzene rings is 1. The van der Waals surface area contributed by atoms with E-state index in [0.717, 1.165) is 5.56 Å². The molecule has 0 atom stereocenters. The minimum absolute atomic E-state index is 0.173. The number of hydrogen-bond acceptors (Lipinski definition) is 4. The molecular formula is C15H14N2O3. The van der Waals surface area contributed by atoms with Gasteiger partial charge in [0.25, 0.3) is 5.91 Å². The smallest absolute Gasteiger partial charge is 0.293 e. The predicted molar refractivity (Wildman–Crippen MR) is 74.3 cm³/mol. The summed E-state index contributed by atoms with van der Waals surface area (Å²) in [7, 11) is 0. The van der Waals surface area contributed by atoms with Crippen molar-refractivity contribution in [3.8, 4) is 11.8 Å². The number of nitrogens with zero attached hydrogens (tertiary/aromatic N) is 1. The highest BCUT2D eigenvalue weighted by molar-refractivity contribution is 6.03. The van der Waals surface area contributed by atoms with Crippen LogP contribution in [0.4, 0.5) is 5.69 Å². The Kier molecular flexibility index (Phi) is 4.18. The van der Waals surface area contributed by atoms with Crippen LogP contribution in [0.25, 0.3) is 0 Å². The van der Waals surface area contributed by atoms with Crippen LogP contribution in [-0.4, -0.2) is 22.6 Å². The molecule has 0 bridgehead atoms. The van der Waals surface area contributed by atoms with Crippen molar-refractivity contribution in [3.63, 3.8) is 0 Å². The van der Waals surface area contributed by atoms with Crippen LogP contribution in [0.2, 0.25) is 0 Å². The van der Waals surface area contributed by atoms with E-state index in [4.69, 9.17) is 9.52 Å². The van der Waals surface area contributed by atoms with Crippen LogP contribution in [-0.2, 0) is 0 Å². The number of oxazole rings is 1. The van der Waals surface area contributed by atoms with Crippen molar-refractivity contribution in [2.24, 2.45) is 0 Å². The molecule has 1 aromatic heterocycles. The number of aliphatic hydroxyl groups excluding tert-OH is 1. The van der Waals surface area contributed by atoms with Gasteiger partial charge in [-0.2, -0.15) is 0 Å². The number of carbonyl (C=O) groups excluding carboxylic acids is 1. The highest BCUT2D eigenvalue weighted by Crippen LogP contribution is 2.18. The van der Waals surface area contributed by atoms with Crippen molar-refractivity contribution >= 4 is 11.6 Å². The molecule has 1 aromatic carbocycles. The number of anilines is 1. The monoisotopic (exact) mass is 270 g/mol. The molecule has 0 saturated heterocycles. The Balaban J connectivity index is 2.29. The van der Waals surface area contributed by atoms with Crippen molar-refractivity contribution in [3.05, 3.63) is 47.2 Å². The zero-order chi connectivity index (χ0) is 14.5. The fourth-order valence-electron chi connectivity index (χ4n) is 1.70. The molecule has 0 aliphatic carbocycles. The standard InChI is InChI=1S/C15H14N2O3/c1-10-5-6-13(12(8-10)4-3-7-18)17-15(19)14-11(2)16-9-20-14/h5-6,8-9,18H,7H2,1-2H3,(H,17,19). The Hall–Kier alpha value is -2.58. The van der Waals surface area contributed by atoms with Gasteiger partial charge in [0, 0.05) is 5.56 Å². The molecule has 0 radical (unpaired) electrons. The third-order valence-electron chi connectivity index (χ3n) is 2.68. The molecule has 2 N–H and O–H groups in total. The molecule has 0 fully saturated rings. The van der Waals surface area contributed by atoms with Gasteiger partial charge in [0.2, 0.25) is 5.76 Å². The van der Waals surface area contributed by atoms with Gasteiger partial charge in [-0.05, 0) is 31.5 Å². The lowest BCUT2D eigenvalue weighted by Gasteiger charge is -2.07. The van der Waals surface area contributed by atoms with Crippen LogP contribution in [0.15, 0.2) is 29.0 Å². The molecule has 0 aliphatic rings. The van der Waals surface area contributed by atoms with E-state index in [-0.39, 0.29) is 18.3 Å². The van der Waals surface area contributed by atoms with Gasteiger partial charge in [-0.3, -0.25) is 4.79 Å². The molecule has 0 spiro atoms. The van der Waals surface area contributed by atoms with E-state index in [9.17, 15) is 4.79 Å². The van der Waals surface area contributed by atoms with Gasteiger partial charge in [0.05, 0.1) is 11.4 Å². The molecule has 102 valence electrons. The predicted octanol–water partition coefficient (Wildman–Crippen LogP) is 1.89. The Labute approximate surface area is 116 Å². The van der Waals surface area contributed by atoms with Crippen molar-refractivity contribution in [2.75, 3.05) is 11.9 Å². The van der Waals surface area contributed by atoms with Crippen LogP contribution < -0.4 is 5.32 Å². The van der Waals surface area contributed by atoms with E-state index in [1.165, 1.54) is 6.39 Å². The summed E-state index contributed by atoms with van der Waals surface area (Å²) in [4.78, 5) is 15.9. The molecule has 2 rings (SSSR count). The summed E-state index contributed by atoms with van der Waals surface area (Å²) in [5, 5.41) is 11.5. The average molecular weight is 270 g/mol. The SMILES string of the molecule is Cc1ccc(NC(=O)c2ocnc2C)c(C#CCO)c1. The first-order valence-electron chi connectivity index (χ1n) is 6.03. The number of aliphatic hydroxyl groups is 1. The van der Waals surface area contributed by atoms with E-state index >= 15 is 0 Å². The van der Waals surface area contributed by atoms with E-state index in [0.29, 0.717) is 16.9 Å². The van der Waals surface area contributed by atoms with Gasteiger partial charge in [-0.1, -0.05) is 17.9 Å².